The maximum absolute atomic E-state index is 12.0. The van der Waals surface area contributed by atoms with Crippen LogP contribution < -0.4 is 26.9 Å². The molecular formula is C16H18Br2N2O. The van der Waals surface area contributed by atoms with Gasteiger partial charge in [-0.05, 0) is 43.2 Å². The molecule has 1 N–H and O–H groups in total. The number of anilines is 1. The zero-order valence-corrected chi connectivity index (χ0v) is 15.2. The molecule has 1 amide bonds. The van der Waals surface area contributed by atoms with E-state index in [1.54, 1.807) is 0 Å². The molecule has 1 aromatic heterocycles. The van der Waals surface area contributed by atoms with E-state index in [0.717, 1.165) is 15.7 Å². The molecule has 0 atom stereocenters. The molecule has 0 aliphatic heterocycles. The molecule has 0 spiro atoms. The zero-order chi connectivity index (χ0) is 14.5. The minimum Gasteiger partial charge on any atom is -1.00 e. The Morgan fingerprint density at radius 2 is 1.86 bits per heavy atom. The van der Waals surface area contributed by atoms with E-state index in [2.05, 4.69) is 21.2 Å². The standard InChI is InChI=1S/C16H17BrN2O.BrH/c1-12-5-8-19(9-6-12)10-7-16(20)18-15-4-3-14(17)11-13(15)2;/h3-6,8-9,11H,7,10H2,1-2H3;1H. The number of hydrogen-bond donors (Lipinski definition) is 1. The van der Waals surface area contributed by atoms with Crippen molar-refractivity contribution in [3.8, 4) is 0 Å². The van der Waals surface area contributed by atoms with Gasteiger partial charge in [0.2, 0.25) is 5.91 Å². The molecule has 0 saturated carbocycles. The van der Waals surface area contributed by atoms with Gasteiger partial charge in [-0.25, -0.2) is 4.57 Å². The Morgan fingerprint density at radius 1 is 1.19 bits per heavy atom. The monoisotopic (exact) mass is 412 g/mol. The van der Waals surface area contributed by atoms with Crippen LogP contribution in [0.25, 0.3) is 0 Å². The number of amides is 1. The number of aromatic nitrogens is 1. The molecule has 5 heteroatoms. The molecule has 21 heavy (non-hydrogen) atoms. The fourth-order valence-corrected chi connectivity index (χ4v) is 2.37. The number of aryl methyl sites for hydroxylation is 3. The Morgan fingerprint density at radius 3 is 2.48 bits per heavy atom. The number of benzene rings is 1. The van der Waals surface area contributed by atoms with Crippen molar-refractivity contribution in [3.63, 3.8) is 0 Å². The summed E-state index contributed by atoms with van der Waals surface area (Å²) >= 11 is 3.41. The van der Waals surface area contributed by atoms with Crippen molar-refractivity contribution in [2.75, 3.05) is 5.32 Å². The smallest absolute Gasteiger partial charge is 0.230 e. The molecule has 0 unspecified atom stereocenters. The summed E-state index contributed by atoms with van der Waals surface area (Å²) < 4.78 is 3.03. The lowest BCUT2D eigenvalue weighted by Crippen LogP contribution is -3.00. The van der Waals surface area contributed by atoms with Crippen LogP contribution in [0.5, 0.6) is 0 Å². The Balaban J connectivity index is 0.00000220. The highest BCUT2D eigenvalue weighted by Crippen LogP contribution is 2.20. The average molecular weight is 414 g/mol. The molecular weight excluding hydrogens is 396 g/mol. The van der Waals surface area contributed by atoms with E-state index in [0.29, 0.717) is 13.0 Å². The van der Waals surface area contributed by atoms with Gasteiger partial charge < -0.3 is 22.3 Å². The van der Waals surface area contributed by atoms with Gasteiger partial charge in [-0.3, -0.25) is 4.79 Å². The van der Waals surface area contributed by atoms with Crippen LogP contribution in [-0.4, -0.2) is 5.91 Å². The first-order chi connectivity index (χ1) is 9.54. The third kappa shape index (κ3) is 5.59. The highest BCUT2D eigenvalue weighted by Gasteiger charge is 2.08. The lowest BCUT2D eigenvalue weighted by molar-refractivity contribution is -0.695. The summed E-state index contributed by atoms with van der Waals surface area (Å²) in [5, 5.41) is 2.95. The third-order valence-corrected chi connectivity index (χ3v) is 3.61. The van der Waals surface area contributed by atoms with E-state index in [9.17, 15) is 4.79 Å². The van der Waals surface area contributed by atoms with Crippen molar-refractivity contribution in [3.05, 3.63) is 58.3 Å². The van der Waals surface area contributed by atoms with Crippen LogP contribution in [-0.2, 0) is 11.3 Å². The molecule has 2 rings (SSSR count). The number of carbonyl (C=O) groups excluding carboxylic acids is 1. The van der Waals surface area contributed by atoms with E-state index < -0.39 is 0 Å². The largest absolute Gasteiger partial charge is 1.00 e. The quantitative estimate of drug-likeness (QED) is 0.722. The van der Waals surface area contributed by atoms with Crippen LogP contribution in [0.2, 0.25) is 0 Å². The normalized spacial score (nSPS) is 9.86. The second-order valence-corrected chi connectivity index (χ2v) is 5.79. The highest BCUT2D eigenvalue weighted by atomic mass is 79.9. The van der Waals surface area contributed by atoms with Gasteiger partial charge in [0.25, 0.3) is 0 Å². The Labute approximate surface area is 144 Å². The van der Waals surface area contributed by atoms with E-state index in [1.165, 1.54) is 5.56 Å². The van der Waals surface area contributed by atoms with Crippen LogP contribution in [0.15, 0.2) is 47.2 Å². The maximum Gasteiger partial charge on any atom is 0.230 e. The molecule has 1 heterocycles. The van der Waals surface area contributed by atoms with Gasteiger partial charge in [0.05, 0.1) is 6.42 Å². The van der Waals surface area contributed by atoms with Crippen LogP contribution in [0.1, 0.15) is 17.5 Å². The minimum atomic E-state index is 0. The highest BCUT2D eigenvalue weighted by molar-refractivity contribution is 9.10. The fraction of sp³-hybridized carbons (Fsp3) is 0.250. The summed E-state index contributed by atoms with van der Waals surface area (Å²) in [5.41, 5.74) is 3.14. The first-order valence-corrected chi connectivity index (χ1v) is 7.35. The Kier molecular flexibility index (Phi) is 7.05. The van der Waals surface area contributed by atoms with Crippen molar-refractivity contribution < 1.29 is 26.3 Å². The summed E-state index contributed by atoms with van der Waals surface area (Å²) in [6.45, 7) is 4.71. The van der Waals surface area contributed by atoms with Crippen molar-refractivity contribution in [1.82, 2.24) is 0 Å². The predicted octanol–water partition coefficient (Wildman–Crippen LogP) is 0.386. The van der Waals surface area contributed by atoms with E-state index in [1.807, 2.05) is 61.1 Å². The number of halogens is 2. The molecule has 2 aromatic rings. The van der Waals surface area contributed by atoms with Crippen LogP contribution >= 0.6 is 15.9 Å². The Bertz CT molecular complexity index is 612. The summed E-state index contributed by atoms with van der Waals surface area (Å²) in [7, 11) is 0. The van der Waals surface area contributed by atoms with Crippen molar-refractivity contribution in [2.24, 2.45) is 0 Å². The Hall–Kier alpha value is -1.20. The molecule has 0 fully saturated rings. The second-order valence-electron chi connectivity index (χ2n) is 4.87. The third-order valence-electron chi connectivity index (χ3n) is 3.12. The molecule has 0 aliphatic carbocycles. The number of hydrogen-bond acceptors (Lipinski definition) is 1. The molecule has 0 bridgehead atoms. The van der Waals surface area contributed by atoms with E-state index >= 15 is 0 Å². The van der Waals surface area contributed by atoms with Gasteiger partial charge in [0.1, 0.15) is 0 Å². The summed E-state index contributed by atoms with van der Waals surface area (Å²) in [6.07, 6.45) is 4.45. The maximum atomic E-state index is 12.0. The van der Waals surface area contributed by atoms with Gasteiger partial charge in [0, 0.05) is 22.3 Å². The van der Waals surface area contributed by atoms with Crippen LogP contribution in [0.4, 0.5) is 5.69 Å². The summed E-state index contributed by atoms with van der Waals surface area (Å²) in [5.74, 6) is 0.0310. The predicted molar refractivity (Wildman–Crippen MR) is 83.5 cm³/mol. The molecule has 0 saturated heterocycles. The molecule has 3 nitrogen and oxygen atoms in total. The van der Waals surface area contributed by atoms with Crippen molar-refractivity contribution in [2.45, 2.75) is 26.8 Å². The molecule has 0 aliphatic rings. The summed E-state index contributed by atoms with van der Waals surface area (Å²) in [6, 6.07) is 9.91. The molecule has 0 radical (unpaired) electrons. The lowest BCUT2D eigenvalue weighted by atomic mass is 10.2. The lowest BCUT2D eigenvalue weighted by Gasteiger charge is -2.07. The zero-order valence-electron chi connectivity index (χ0n) is 12.1. The van der Waals surface area contributed by atoms with Gasteiger partial charge in [-0.2, -0.15) is 0 Å². The SMILES string of the molecule is Cc1cc[n+](CCC(=O)Nc2ccc(Br)cc2C)cc1.[Br-]. The van der Waals surface area contributed by atoms with Gasteiger partial charge in [-0.1, -0.05) is 15.9 Å². The number of pyridine rings is 1. The van der Waals surface area contributed by atoms with Gasteiger partial charge in [0.15, 0.2) is 18.9 Å². The number of nitrogens with one attached hydrogen (secondary N) is 1. The van der Waals surface area contributed by atoms with Gasteiger partial charge in [-0.15, -0.1) is 0 Å². The number of rotatable bonds is 4. The minimum absolute atomic E-state index is 0. The molecule has 1 aromatic carbocycles. The topological polar surface area (TPSA) is 33.0 Å². The number of nitrogens with zero attached hydrogens (tertiary/aromatic N) is 1. The van der Waals surface area contributed by atoms with E-state index in [4.69, 9.17) is 0 Å². The van der Waals surface area contributed by atoms with Crippen molar-refractivity contribution >= 4 is 27.5 Å². The van der Waals surface area contributed by atoms with Crippen molar-refractivity contribution in [1.29, 1.82) is 0 Å². The van der Waals surface area contributed by atoms with Crippen LogP contribution in [0.3, 0.4) is 0 Å². The average Bonchev–Trinajstić information content (AvgIpc) is 2.41. The van der Waals surface area contributed by atoms with E-state index in [-0.39, 0.29) is 22.9 Å². The van der Waals surface area contributed by atoms with Gasteiger partial charge >= 0.3 is 0 Å². The first-order valence-electron chi connectivity index (χ1n) is 6.56. The molecule has 112 valence electrons. The van der Waals surface area contributed by atoms with Crippen LogP contribution in [0, 0.1) is 13.8 Å². The summed E-state index contributed by atoms with van der Waals surface area (Å²) in [4.78, 5) is 12.0. The first kappa shape index (κ1) is 17.9. The second kappa shape index (κ2) is 8.29. The fourth-order valence-electron chi connectivity index (χ4n) is 1.89. The number of carbonyl (C=O) groups is 1.